The van der Waals surface area contributed by atoms with E-state index in [0.717, 1.165) is 0 Å². The molecule has 1 aliphatic rings. The molecule has 0 aromatic rings. The van der Waals surface area contributed by atoms with Gasteiger partial charge in [0.1, 0.15) is 0 Å². The van der Waals surface area contributed by atoms with Gasteiger partial charge < -0.3 is 10.2 Å². The third kappa shape index (κ3) is 3.29. The minimum Gasteiger partial charge on any atom is -0.481 e. The van der Waals surface area contributed by atoms with E-state index in [-0.39, 0.29) is 12.0 Å². The maximum absolute atomic E-state index is 10.8. The third-order valence-corrected chi connectivity index (χ3v) is 2.08. The third-order valence-electron chi connectivity index (χ3n) is 2.08. The largest absolute Gasteiger partial charge is 0.481 e. The number of carbonyl (C=O) groups is 2. The average Bonchev–Trinajstić information content (AvgIpc) is 2.20. The number of hydrogen-bond donors (Lipinski definition) is 2. The van der Waals surface area contributed by atoms with Crippen molar-refractivity contribution in [1.82, 2.24) is 0 Å². The van der Waals surface area contributed by atoms with Crippen LogP contribution in [0.5, 0.6) is 0 Å². The molecular weight excluding hydrogens is 219 g/mol. The molecule has 1 rings (SSSR count). The lowest BCUT2D eigenvalue weighted by atomic mass is 9.80. The Hall–Kier alpha value is -1.48. The van der Waals surface area contributed by atoms with E-state index >= 15 is 0 Å². The molecule has 1 aliphatic carbocycles. The molecule has 2 unspecified atom stereocenters. The molecule has 0 bridgehead atoms. The van der Waals surface area contributed by atoms with Crippen molar-refractivity contribution in [3.63, 3.8) is 0 Å². The summed E-state index contributed by atoms with van der Waals surface area (Å²) >= 11 is 0. The van der Waals surface area contributed by atoms with Gasteiger partial charge in [-0.15, -0.1) is 0 Å². The molecule has 2 atom stereocenters. The molecule has 5 nitrogen and oxygen atoms in total. The first-order valence-electron chi connectivity index (χ1n) is 4.04. The molecule has 0 saturated carbocycles. The summed E-state index contributed by atoms with van der Waals surface area (Å²) in [6, 6.07) is 0. The van der Waals surface area contributed by atoms with Crippen LogP contribution in [0, 0.1) is 5.41 Å². The fourth-order valence-electron chi connectivity index (χ4n) is 1.18. The molecular formula is C9H12O5P+. The van der Waals surface area contributed by atoms with E-state index in [1.807, 2.05) is 0 Å². The molecule has 0 amide bonds. The van der Waals surface area contributed by atoms with Crippen LogP contribution in [0.15, 0.2) is 23.8 Å². The molecule has 82 valence electrons. The second-order valence-electron chi connectivity index (χ2n) is 3.26. The SMILES string of the molecule is CC1(C(=O)O)C=CC=C(C(=O)O)C1.O=[PH2+]. The Balaban J connectivity index is 0.000000921. The Bertz CT molecular complexity index is 333. The van der Waals surface area contributed by atoms with E-state index in [1.54, 1.807) is 0 Å². The molecule has 15 heavy (non-hydrogen) atoms. The minimum atomic E-state index is -1.08. The number of carboxylic acid groups (broad SMARTS) is 2. The Morgan fingerprint density at radius 3 is 2.33 bits per heavy atom. The fourth-order valence-corrected chi connectivity index (χ4v) is 1.18. The summed E-state index contributed by atoms with van der Waals surface area (Å²) in [7, 11) is 1.17. The van der Waals surface area contributed by atoms with Crippen molar-refractivity contribution in [2.75, 3.05) is 0 Å². The molecule has 0 spiro atoms. The Morgan fingerprint density at radius 2 is 1.93 bits per heavy atom. The highest BCUT2D eigenvalue weighted by atomic mass is 31.0. The number of rotatable bonds is 2. The minimum absolute atomic E-state index is 0.0359. The predicted octanol–water partition coefficient (Wildman–Crippen LogP) is 1.26. The van der Waals surface area contributed by atoms with Crippen LogP contribution in [0.25, 0.3) is 0 Å². The van der Waals surface area contributed by atoms with Gasteiger partial charge in [0.15, 0.2) is 0 Å². The van der Waals surface area contributed by atoms with Gasteiger partial charge in [-0.2, -0.15) is 0 Å². The van der Waals surface area contributed by atoms with Gasteiger partial charge in [0.2, 0.25) is 0 Å². The van der Waals surface area contributed by atoms with Crippen molar-refractivity contribution in [3.05, 3.63) is 23.8 Å². The van der Waals surface area contributed by atoms with Crippen LogP contribution in [-0.2, 0) is 14.2 Å². The Labute approximate surface area is 88.7 Å². The fraction of sp³-hybridized carbons (Fsp3) is 0.333. The van der Waals surface area contributed by atoms with Crippen LogP contribution in [0.1, 0.15) is 13.3 Å². The van der Waals surface area contributed by atoms with Gasteiger partial charge in [0, 0.05) is 5.57 Å². The molecule has 0 heterocycles. The first kappa shape index (κ1) is 13.5. The van der Waals surface area contributed by atoms with E-state index in [9.17, 15) is 9.59 Å². The second kappa shape index (κ2) is 5.41. The van der Waals surface area contributed by atoms with Crippen molar-refractivity contribution in [1.29, 1.82) is 0 Å². The Morgan fingerprint density at radius 1 is 1.40 bits per heavy atom. The number of aliphatic carboxylic acids is 2. The highest BCUT2D eigenvalue weighted by Crippen LogP contribution is 2.31. The van der Waals surface area contributed by atoms with Gasteiger partial charge in [0.25, 0.3) is 0 Å². The van der Waals surface area contributed by atoms with E-state index in [0.29, 0.717) is 0 Å². The summed E-state index contributed by atoms with van der Waals surface area (Å²) in [5, 5.41) is 17.5. The number of hydrogen-bond acceptors (Lipinski definition) is 3. The summed E-state index contributed by atoms with van der Waals surface area (Å²) < 4.78 is 8.17. The highest BCUT2D eigenvalue weighted by molar-refractivity contribution is 7.00. The highest BCUT2D eigenvalue weighted by Gasteiger charge is 2.34. The summed E-state index contributed by atoms with van der Waals surface area (Å²) in [5.41, 5.74) is -0.949. The van der Waals surface area contributed by atoms with Crippen LogP contribution in [0.3, 0.4) is 0 Å². The molecule has 0 aromatic carbocycles. The van der Waals surface area contributed by atoms with Crippen LogP contribution < -0.4 is 0 Å². The van der Waals surface area contributed by atoms with Gasteiger partial charge in [-0.3, -0.25) is 4.79 Å². The van der Waals surface area contributed by atoms with E-state index in [4.69, 9.17) is 14.8 Å². The van der Waals surface area contributed by atoms with Gasteiger partial charge in [-0.25, -0.2) is 4.79 Å². The molecule has 6 heteroatoms. The van der Waals surface area contributed by atoms with E-state index < -0.39 is 17.4 Å². The average molecular weight is 231 g/mol. The van der Waals surface area contributed by atoms with Crippen molar-refractivity contribution >= 4 is 21.1 Å². The van der Waals surface area contributed by atoms with E-state index in [1.165, 1.54) is 34.3 Å². The summed E-state index contributed by atoms with van der Waals surface area (Å²) in [6.07, 6.45) is 4.43. The van der Waals surface area contributed by atoms with Gasteiger partial charge >= 0.3 is 21.1 Å². The van der Waals surface area contributed by atoms with Crippen LogP contribution in [-0.4, -0.2) is 22.2 Å². The zero-order valence-electron chi connectivity index (χ0n) is 8.14. The molecule has 0 fully saturated rings. The van der Waals surface area contributed by atoms with Crippen molar-refractivity contribution in [2.24, 2.45) is 5.41 Å². The quantitative estimate of drug-likeness (QED) is 0.698. The first-order chi connectivity index (χ1) is 6.96. The van der Waals surface area contributed by atoms with Crippen molar-refractivity contribution in [3.8, 4) is 0 Å². The molecule has 0 aromatic heterocycles. The monoisotopic (exact) mass is 231 g/mol. The lowest BCUT2D eigenvalue weighted by Gasteiger charge is -2.23. The van der Waals surface area contributed by atoms with Crippen LogP contribution in [0.2, 0.25) is 0 Å². The standard InChI is InChI=1S/C9H10O4.H2OP/c1-9(8(12)13)4-2-3-6(5-9)7(10)11;1-2/h2-4H,5H2,1H3,(H,10,11)(H,12,13);2H2/q;+1. The van der Waals surface area contributed by atoms with Gasteiger partial charge in [-0.1, -0.05) is 22.8 Å². The Kier molecular flexibility index (Phi) is 4.88. The predicted molar refractivity (Wildman–Crippen MR) is 55.6 cm³/mol. The van der Waals surface area contributed by atoms with Gasteiger partial charge in [0.05, 0.1) is 5.41 Å². The smallest absolute Gasteiger partial charge is 0.331 e. The summed E-state index contributed by atoms with van der Waals surface area (Å²) in [6.45, 7) is 1.50. The van der Waals surface area contributed by atoms with E-state index in [2.05, 4.69) is 0 Å². The van der Waals surface area contributed by atoms with Crippen molar-refractivity contribution < 1.29 is 24.4 Å². The van der Waals surface area contributed by atoms with Crippen LogP contribution in [0.4, 0.5) is 0 Å². The zero-order chi connectivity index (χ0) is 12.1. The molecule has 0 saturated heterocycles. The summed E-state index contributed by atoms with van der Waals surface area (Å²) in [5.74, 6) is -2.06. The first-order valence-corrected chi connectivity index (χ1v) is 4.51. The molecule has 0 radical (unpaired) electrons. The van der Waals surface area contributed by atoms with Crippen molar-refractivity contribution in [2.45, 2.75) is 13.3 Å². The number of allylic oxidation sites excluding steroid dienone is 2. The normalized spacial score (nSPS) is 23.4. The zero-order valence-corrected chi connectivity index (χ0v) is 9.29. The second-order valence-corrected chi connectivity index (χ2v) is 3.26. The topological polar surface area (TPSA) is 91.7 Å². The lowest BCUT2D eigenvalue weighted by Crippen LogP contribution is -2.28. The lowest BCUT2D eigenvalue weighted by molar-refractivity contribution is -0.145. The summed E-state index contributed by atoms with van der Waals surface area (Å²) in [4.78, 5) is 21.3. The molecule has 0 aliphatic heterocycles. The maximum Gasteiger partial charge on any atom is 0.331 e. The maximum atomic E-state index is 10.8. The van der Waals surface area contributed by atoms with Gasteiger partial charge in [-0.05, 0) is 13.3 Å². The molecule has 2 N–H and O–H groups in total. The van der Waals surface area contributed by atoms with Crippen LogP contribution >= 0.6 is 9.12 Å². The number of carboxylic acids is 2.